The van der Waals surface area contributed by atoms with Crippen LogP contribution >= 0.6 is 0 Å². The molecule has 5 heteroatoms. The van der Waals surface area contributed by atoms with E-state index in [1.54, 1.807) is 25.4 Å². The van der Waals surface area contributed by atoms with E-state index in [1.807, 2.05) is 13.8 Å². The molecule has 1 aromatic heterocycles. The quantitative estimate of drug-likeness (QED) is 0.637. The molecule has 1 heterocycles. The number of hydrogen-bond donors (Lipinski definition) is 1. The van der Waals surface area contributed by atoms with Crippen LogP contribution in [0.4, 0.5) is 5.82 Å². The van der Waals surface area contributed by atoms with Gasteiger partial charge in [-0.05, 0) is 18.1 Å². The number of ether oxygens (including phenoxy) is 1. The Balaban J connectivity index is 2.89. The molecule has 0 aromatic carbocycles. The zero-order chi connectivity index (χ0) is 13.0. The van der Waals surface area contributed by atoms with Gasteiger partial charge in [0.1, 0.15) is 11.7 Å². The Kier molecular flexibility index (Phi) is 4.31. The number of hydrogen-bond acceptors (Lipinski definition) is 3. The molecule has 0 fully saturated rings. The standard InChI is InChI=1S/C12H18N2O3/c1-8(2)10(12(16)17-4)11(15)14(3)9-6-5-7-13-9/h5-8,10,13H,1-4H3. The molecule has 1 N–H and O–H groups in total. The molecule has 0 aliphatic carbocycles. The van der Waals surface area contributed by atoms with Crippen LogP contribution in [0.5, 0.6) is 0 Å². The lowest BCUT2D eigenvalue weighted by molar-refractivity contribution is -0.151. The summed E-state index contributed by atoms with van der Waals surface area (Å²) in [5.74, 6) is -0.983. The molecule has 0 saturated heterocycles. The topological polar surface area (TPSA) is 62.4 Å². The Bertz CT molecular complexity index is 384. The average Bonchev–Trinajstić information content (AvgIpc) is 2.80. The van der Waals surface area contributed by atoms with Gasteiger partial charge in [-0.2, -0.15) is 0 Å². The van der Waals surface area contributed by atoms with Crippen LogP contribution in [-0.2, 0) is 14.3 Å². The number of carbonyl (C=O) groups excluding carboxylic acids is 2. The zero-order valence-corrected chi connectivity index (χ0v) is 10.6. The highest BCUT2D eigenvalue weighted by atomic mass is 16.5. The van der Waals surface area contributed by atoms with E-state index >= 15 is 0 Å². The SMILES string of the molecule is COC(=O)C(C(=O)N(C)c1ccc[nH]1)C(C)C. The predicted molar refractivity (Wildman–Crippen MR) is 64.5 cm³/mol. The fraction of sp³-hybridized carbons (Fsp3) is 0.500. The molecular formula is C12H18N2O3. The minimum absolute atomic E-state index is 0.104. The number of nitrogens with one attached hydrogen (secondary N) is 1. The summed E-state index contributed by atoms with van der Waals surface area (Å²) in [5, 5.41) is 0. The molecule has 1 aromatic rings. The van der Waals surface area contributed by atoms with E-state index in [-0.39, 0.29) is 11.8 Å². The fourth-order valence-corrected chi connectivity index (χ4v) is 1.64. The lowest BCUT2D eigenvalue weighted by Gasteiger charge is -2.23. The van der Waals surface area contributed by atoms with Crippen LogP contribution in [0.1, 0.15) is 13.8 Å². The minimum Gasteiger partial charge on any atom is -0.468 e. The van der Waals surface area contributed by atoms with Crippen LogP contribution in [0.15, 0.2) is 18.3 Å². The van der Waals surface area contributed by atoms with E-state index in [2.05, 4.69) is 9.72 Å². The Morgan fingerprint density at radius 3 is 2.47 bits per heavy atom. The van der Waals surface area contributed by atoms with Gasteiger partial charge in [0.2, 0.25) is 5.91 Å². The average molecular weight is 238 g/mol. The van der Waals surface area contributed by atoms with Gasteiger partial charge in [0.15, 0.2) is 0 Å². The maximum absolute atomic E-state index is 12.2. The van der Waals surface area contributed by atoms with Crippen molar-refractivity contribution in [1.29, 1.82) is 0 Å². The second-order valence-corrected chi connectivity index (χ2v) is 4.20. The number of carbonyl (C=O) groups is 2. The highest BCUT2D eigenvalue weighted by Crippen LogP contribution is 2.19. The number of esters is 1. The van der Waals surface area contributed by atoms with Crippen LogP contribution < -0.4 is 4.90 Å². The first-order valence-corrected chi connectivity index (χ1v) is 5.47. The number of rotatable bonds is 4. The molecule has 1 atom stereocenters. The summed E-state index contributed by atoms with van der Waals surface area (Å²) in [5.41, 5.74) is 0. The molecule has 0 spiro atoms. The molecule has 94 valence electrons. The minimum atomic E-state index is -0.770. The highest BCUT2D eigenvalue weighted by Gasteiger charge is 2.33. The van der Waals surface area contributed by atoms with Crippen LogP contribution in [0.3, 0.4) is 0 Å². The van der Waals surface area contributed by atoms with E-state index in [9.17, 15) is 9.59 Å². The molecule has 1 rings (SSSR count). The number of anilines is 1. The van der Waals surface area contributed by atoms with E-state index in [1.165, 1.54) is 12.0 Å². The van der Waals surface area contributed by atoms with Gasteiger partial charge in [0, 0.05) is 13.2 Å². The largest absolute Gasteiger partial charge is 0.468 e. The van der Waals surface area contributed by atoms with E-state index in [0.717, 1.165) is 0 Å². The fourth-order valence-electron chi connectivity index (χ4n) is 1.64. The Labute approximate surface area is 101 Å². The second-order valence-electron chi connectivity index (χ2n) is 4.20. The zero-order valence-electron chi connectivity index (χ0n) is 10.6. The van der Waals surface area contributed by atoms with Gasteiger partial charge in [0.25, 0.3) is 0 Å². The van der Waals surface area contributed by atoms with Gasteiger partial charge < -0.3 is 14.6 Å². The molecule has 1 amide bonds. The molecule has 5 nitrogen and oxygen atoms in total. The predicted octanol–water partition coefficient (Wildman–Crippen LogP) is 1.42. The maximum atomic E-state index is 12.2. The third kappa shape index (κ3) is 2.87. The normalized spacial score (nSPS) is 12.3. The van der Waals surface area contributed by atoms with Gasteiger partial charge in [-0.3, -0.25) is 9.59 Å². The summed E-state index contributed by atoms with van der Waals surface area (Å²) in [6.07, 6.45) is 1.72. The van der Waals surface area contributed by atoms with Crippen LogP contribution in [0.25, 0.3) is 0 Å². The third-order valence-electron chi connectivity index (χ3n) is 2.66. The van der Waals surface area contributed by atoms with Crippen molar-refractivity contribution in [3.8, 4) is 0 Å². The van der Waals surface area contributed by atoms with Gasteiger partial charge in [-0.1, -0.05) is 13.8 Å². The summed E-state index contributed by atoms with van der Waals surface area (Å²) in [6.45, 7) is 3.64. The van der Waals surface area contributed by atoms with Gasteiger partial charge in [0.05, 0.1) is 7.11 Å². The van der Waals surface area contributed by atoms with Crippen molar-refractivity contribution in [2.24, 2.45) is 11.8 Å². The first-order chi connectivity index (χ1) is 7.99. The Morgan fingerprint density at radius 2 is 2.06 bits per heavy atom. The van der Waals surface area contributed by atoms with Crippen molar-refractivity contribution in [2.75, 3.05) is 19.1 Å². The molecule has 1 unspecified atom stereocenters. The first kappa shape index (κ1) is 13.3. The van der Waals surface area contributed by atoms with Crippen molar-refractivity contribution in [3.05, 3.63) is 18.3 Å². The van der Waals surface area contributed by atoms with E-state index in [4.69, 9.17) is 0 Å². The third-order valence-corrected chi connectivity index (χ3v) is 2.66. The van der Waals surface area contributed by atoms with Crippen LogP contribution in [0.2, 0.25) is 0 Å². The summed E-state index contributed by atoms with van der Waals surface area (Å²) in [7, 11) is 2.92. The van der Waals surface area contributed by atoms with E-state index < -0.39 is 11.9 Å². The second kappa shape index (κ2) is 5.52. The van der Waals surface area contributed by atoms with Crippen LogP contribution in [0, 0.1) is 11.8 Å². The molecule has 0 bridgehead atoms. The number of amides is 1. The first-order valence-electron chi connectivity index (χ1n) is 5.47. The van der Waals surface area contributed by atoms with Gasteiger partial charge in [-0.15, -0.1) is 0 Å². The van der Waals surface area contributed by atoms with E-state index in [0.29, 0.717) is 5.82 Å². The van der Waals surface area contributed by atoms with Crippen LogP contribution in [-0.4, -0.2) is 31.0 Å². The summed E-state index contributed by atoms with van der Waals surface area (Å²) in [6, 6.07) is 3.56. The lowest BCUT2D eigenvalue weighted by atomic mass is 9.94. The molecular weight excluding hydrogens is 220 g/mol. The number of aromatic nitrogens is 1. The summed E-state index contributed by atoms with van der Waals surface area (Å²) < 4.78 is 4.67. The number of aromatic amines is 1. The molecule has 0 aliphatic heterocycles. The van der Waals surface area contributed by atoms with Crippen molar-refractivity contribution in [2.45, 2.75) is 13.8 Å². The van der Waals surface area contributed by atoms with Gasteiger partial charge >= 0.3 is 5.97 Å². The van der Waals surface area contributed by atoms with Gasteiger partial charge in [-0.25, -0.2) is 0 Å². The number of nitrogens with zero attached hydrogens (tertiary/aromatic N) is 1. The summed E-state index contributed by atoms with van der Waals surface area (Å²) in [4.78, 5) is 28.1. The Morgan fingerprint density at radius 1 is 1.41 bits per heavy atom. The summed E-state index contributed by atoms with van der Waals surface area (Å²) >= 11 is 0. The highest BCUT2D eigenvalue weighted by molar-refractivity contribution is 6.05. The molecule has 0 aliphatic rings. The van der Waals surface area contributed by atoms with Crippen molar-refractivity contribution < 1.29 is 14.3 Å². The molecule has 17 heavy (non-hydrogen) atoms. The lowest BCUT2D eigenvalue weighted by Crippen LogP contribution is -2.40. The number of H-pyrrole nitrogens is 1. The van der Waals surface area contributed by atoms with Crippen molar-refractivity contribution in [3.63, 3.8) is 0 Å². The number of methoxy groups -OCH3 is 1. The maximum Gasteiger partial charge on any atom is 0.318 e. The molecule has 0 radical (unpaired) electrons. The Hall–Kier alpha value is -1.78. The van der Waals surface area contributed by atoms with Crippen molar-refractivity contribution >= 4 is 17.7 Å². The smallest absolute Gasteiger partial charge is 0.318 e. The van der Waals surface area contributed by atoms with Crippen molar-refractivity contribution in [1.82, 2.24) is 4.98 Å². The molecule has 0 saturated carbocycles. The monoisotopic (exact) mass is 238 g/mol.